The quantitative estimate of drug-likeness (QED) is 0.648. The van der Waals surface area contributed by atoms with Gasteiger partial charge in [0.2, 0.25) is 0 Å². The molecule has 2 aliphatic rings. The van der Waals surface area contributed by atoms with Gasteiger partial charge in [-0.2, -0.15) is 0 Å². The molecule has 0 aromatic heterocycles. The predicted octanol–water partition coefficient (Wildman–Crippen LogP) is 2.08. The van der Waals surface area contributed by atoms with Crippen molar-refractivity contribution in [2.75, 3.05) is 12.4 Å². The van der Waals surface area contributed by atoms with Crippen LogP contribution in [0.4, 0.5) is 5.69 Å². The third-order valence-electron chi connectivity index (χ3n) is 4.22. The van der Waals surface area contributed by atoms with Gasteiger partial charge in [0, 0.05) is 28.4 Å². The molecule has 22 heavy (non-hydrogen) atoms. The van der Waals surface area contributed by atoms with Crippen molar-refractivity contribution in [1.82, 2.24) is 5.32 Å². The van der Waals surface area contributed by atoms with Crippen LogP contribution in [0.2, 0.25) is 0 Å². The molecule has 0 fully saturated rings. The Kier molecular flexibility index (Phi) is 3.28. The fraction of sp³-hybridized carbons (Fsp3) is 0.294. The lowest BCUT2D eigenvalue weighted by atomic mass is 9.85. The molecular weight excluding hydrogens is 280 g/mol. The fourth-order valence-corrected chi connectivity index (χ4v) is 3.07. The summed E-state index contributed by atoms with van der Waals surface area (Å²) in [5, 5.41) is 5.99. The number of fused-ring (bicyclic) bond motifs is 1. The topological polar surface area (TPSA) is 67.4 Å². The van der Waals surface area contributed by atoms with Gasteiger partial charge in [-0.3, -0.25) is 4.79 Å². The van der Waals surface area contributed by atoms with Gasteiger partial charge in [-0.25, -0.2) is 4.79 Å². The highest BCUT2D eigenvalue weighted by Gasteiger charge is 2.45. The molecule has 2 atom stereocenters. The van der Waals surface area contributed by atoms with Gasteiger partial charge in [0.1, 0.15) is 5.54 Å². The highest BCUT2D eigenvalue weighted by atomic mass is 16.5. The number of carbonyl (C=O) groups excluding carboxylic acids is 2. The summed E-state index contributed by atoms with van der Waals surface area (Å²) in [4.78, 5) is 24.4. The first-order chi connectivity index (χ1) is 10.5. The van der Waals surface area contributed by atoms with Crippen molar-refractivity contribution in [3.05, 3.63) is 47.7 Å². The van der Waals surface area contributed by atoms with E-state index in [1.807, 2.05) is 43.3 Å². The number of benzene rings is 1. The van der Waals surface area contributed by atoms with Crippen LogP contribution in [0.5, 0.6) is 0 Å². The lowest BCUT2D eigenvalue weighted by Gasteiger charge is -2.28. The third-order valence-corrected chi connectivity index (χ3v) is 4.22. The number of para-hydroxylation sites is 1. The Bertz CT molecular complexity index is 720. The van der Waals surface area contributed by atoms with E-state index in [0.717, 1.165) is 16.9 Å². The van der Waals surface area contributed by atoms with Crippen LogP contribution in [-0.2, 0) is 14.3 Å². The second-order valence-corrected chi connectivity index (χ2v) is 5.77. The summed E-state index contributed by atoms with van der Waals surface area (Å²) in [6, 6.07) is 7.53. The second kappa shape index (κ2) is 5.02. The number of esters is 1. The first-order valence-corrected chi connectivity index (χ1v) is 7.13. The largest absolute Gasteiger partial charge is 0.467 e. The monoisotopic (exact) mass is 298 g/mol. The van der Waals surface area contributed by atoms with Gasteiger partial charge in [-0.15, -0.1) is 0 Å². The summed E-state index contributed by atoms with van der Waals surface area (Å²) in [7, 11) is 1.37. The second-order valence-electron chi connectivity index (χ2n) is 5.77. The normalized spacial score (nSPS) is 28.0. The maximum atomic E-state index is 12.2. The molecule has 3 rings (SSSR count). The molecule has 0 bridgehead atoms. The maximum absolute atomic E-state index is 12.2. The smallest absolute Gasteiger partial charge is 0.332 e. The zero-order chi connectivity index (χ0) is 15.9. The summed E-state index contributed by atoms with van der Waals surface area (Å²) in [5.74, 6) is -0.757. The van der Waals surface area contributed by atoms with Crippen LogP contribution in [0.3, 0.4) is 0 Å². The number of amides is 1. The van der Waals surface area contributed by atoms with Gasteiger partial charge in [-0.05, 0) is 19.9 Å². The van der Waals surface area contributed by atoms with E-state index in [-0.39, 0.29) is 17.8 Å². The average Bonchev–Trinajstić information content (AvgIpc) is 2.96. The molecule has 0 spiro atoms. The zero-order valence-corrected chi connectivity index (χ0v) is 12.8. The molecule has 2 N–H and O–H groups in total. The van der Waals surface area contributed by atoms with Crippen molar-refractivity contribution in [3.8, 4) is 0 Å². The number of allylic oxidation sites excluding steroid dienone is 1. The minimum atomic E-state index is -0.899. The molecule has 114 valence electrons. The van der Waals surface area contributed by atoms with Crippen LogP contribution in [0.15, 0.2) is 42.1 Å². The number of nitrogens with one attached hydrogen (secondary N) is 2. The molecule has 5 heteroatoms. The van der Waals surface area contributed by atoms with Crippen LogP contribution < -0.4 is 10.6 Å². The number of carbonyl (C=O) groups is 2. The summed E-state index contributed by atoms with van der Waals surface area (Å²) >= 11 is 0. The lowest BCUT2D eigenvalue weighted by Crippen LogP contribution is -2.50. The lowest BCUT2D eigenvalue weighted by molar-refractivity contribution is -0.148. The Morgan fingerprint density at radius 3 is 2.82 bits per heavy atom. The highest BCUT2D eigenvalue weighted by molar-refractivity contribution is 6.31. The van der Waals surface area contributed by atoms with Crippen molar-refractivity contribution in [1.29, 1.82) is 0 Å². The summed E-state index contributed by atoms with van der Waals surface area (Å²) in [6.45, 7) is 3.68. The maximum Gasteiger partial charge on any atom is 0.332 e. The minimum absolute atomic E-state index is 0.147. The SMILES string of the molecule is COC(=O)C1(C)NC(C)=CC1/C=C1/C(=O)Nc2ccccc21. The Balaban J connectivity index is 2.04. The summed E-state index contributed by atoms with van der Waals surface area (Å²) in [6.07, 6.45) is 3.78. The Labute approximate surface area is 129 Å². The number of anilines is 1. The van der Waals surface area contributed by atoms with Crippen LogP contribution in [0.1, 0.15) is 19.4 Å². The number of hydrogen-bond donors (Lipinski definition) is 2. The predicted molar refractivity (Wildman–Crippen MR) is 83.9 cm³/mol. The van der Waals surface area contributed by atoms with Crippen molar-refractivity contribution < 1.29 is 14.3 Å². The first kappa shape index (κ1) is 14.4. The van der Waals surface area contributed by atoms with Crippen LogP contribution in [-0.4, -0.2) is 24.5 Å². The Morgan fingerprint density at radius 2 is 2.09 bits per heavy atom. The summed E-state index contributed by atoms with van der Waals surface area (Å²) in [5.41, 5.74) is 2.23. The molecule has 2 aliphatic heterocycles. The highest BCUT2D eigenvalue weighted by Crippen LogP contribution is 2.36. The summed E-state index contributed by atoms with van der Waals surface area (Å²) < 4.78 is 4.91. The van der Waals surface area contributed by atoms with Crippen molar-refractivity contribution >= 4 is 23.1 Å². The molecule has 0 aliphatic carbocycles. The van der Waals surface area contributed by atoms with E-state index in [1.165, 1.54) is 7.11 Å². The number of ether oxygens (including phenoxy) is 1. The van der Waals surface area contributed by atoms with Gasteiger partial charge in [0.15, 0.2) is 0 Å². The van der Waals surface area contributed by atoms with E-state index in [4.69, 9.17) is 4.74 Å². The molecule has 0 saturated heterocycles. The molecule has 1 aromatic rings. The van der Waals surface area contributed by atoms with Gasteiger partial charge in [-0.1, -0.05) is 30.4 Å². The van der Waals surface area contributed by atoms with Gasteiger partial charge < -0.3 is 15.4 Å². The third kappa shape index (κ3) is 2.09. The van der Waals surface area contributed by atoms with Crippen LogP contribution >= 0.6 is 0 Å². The van der Waals surface area contributed by atoms with Crippen molar-refractivity contribution in [2.24, 2.45) is 5.92 Å². The van der Waals surface area contributed by atoms with Gasteiger partial charge in [0.05, 0.1) is 7.11 Å². The Hall–Kier alpha value is -2.56. The van der Waals surface area contributed by atoms with E-state index >= 15 is 0 Å². The van der Waals surface area contributed by atoms with E-state index in [2.05, 4.69) is 10.6 Å². The molecule has 2 heterocycles. The average molecular weight is 298 g/mol. The van der Waals surface area contributed by atoms with E-state index < -0.39 is 5.54 Å². The molecule has 1 amide bonds. The molecule has 0 radical (unpaired) electrons. The first-order valence-electron chi connectivity index (χ1n) is 7.13. The number of hydrogen-bond acceptors (Lipinski definition) is 4. The van der Waals surface area contributed by atoms with Gasteiger partial charge >= 0.3 is 5.97 Å². The number of methoxy groups -OCH3 is 1. The van der Waals surface area contributed by atoms with Gasteiger partial charge in [0.25, 0.3) is 5.91 Å². The molecule has 5 nitrogen and oxygen atoms in total. The Morgan fingerprint density at radius 1 is 1.36 bits per heavy atom. The molecule has 1 aromatic carbocycles. The van der Waals surface area contributed by atoms with E-state index in [9.17, 15) is 9.59 Å². The number of rotatable bonds is 2. The van der Waals surface area contributed by atoms with E-state index in [0.29, 0.717) is 5.57 Å². The van der Waals surface area contributed by atoms with E-state index in [1.54, 1.807) is 6.92 Å². The molecule has 0 saturated carbocycles. The zero-order valence-electron chi connectivity index (χ0n) is 12.8. The van der Waals surface area contributed by atoms with Crippen LogP contribution in [0, 0.1) is 5.92 Å². The standard InChI is InChI=1S/C17H18N2O3/c1-10-8-11(17(2,19-10)16(21)22-3)9-13-12-6-4-5-7-14(12)18-15(13)20/h4-9,11,19H,1-3H3,(H,18,20)/b13-9+. The van der Waals surface area contributed by atoms with Crippen molar-refractivity contribution in [2.45, 2.75) is 19.4 Å². The molecular formula is C17H18N2O3. The van der Waals surface area contributed by atoms with Crippen LogP contribution in [0.25, 0.3) is 5.57 Å². The fourth-order valence-electron chi connectivity index (χ4n) is 3.07. The van der Waals surface area contributed by atoms with Crippen molar-refractivity contribution in [3.63, 3.8) is 0 Å². The molecule has 2 unspecified atom stereocenters. The minimum Gasteiger partial charge on any atom is -0.467 e.